The first kappa shape index (κ1) is 34.5. The van der Waals surface area contributed by atoms with Gasteiger partial charge in [-0.05, 0) is 85.7 Å². The summed E-state index contributed by atoms with van der Waals surface area (Å²) in [4.78, 5) is 33.5. The molecule has 1 aromatic heterocycles. The molecule has 5 rings (SSSR count). The number of halogens is 2. The molecule has 1 saturated carbocycles. The van der Waals surface area contributed by atoms with Gasteiger partial charge in [-0.2, -0.15) is 0 Å². The number of hydrogen-bond acceptors (Lipinski definition) is 6. The Bertz CT molecular complexity index is 1760. The van der Waals surface area contributed by atoms with Crippen LogP contribution in [0.3, 0.4) is 0 Å². The molecule has 250 valence electrons. The molecule has 10 heteroatoms. The van der Waals surface area contributed by atoms with E-state index in [0.717, 1.165) is 42.9 Å². The average Bonchev–Trinajstić information content (AvgIpc) is 3.67. The average molecular weight is 655 g/mol. The Balaban J connectivity index is 1.43. The highest BCUT2D eigenvalue weighted by molar-refractivity contribution is 6.01. The van der Waals surface area contributed by atoms with E-state index < -0.39 is 29.7 Å². The van der Waals surface area contributed by atoms with Crippen LogP contribution in [0.15, 0.2) is 77.5 Å². The first-order valence-corrected chi connectivity index (χ1v) is 16.2. The van der Waals surface area contributed by atoms with Gasteiger partial charge >= 0.3 is 0 Å². The van der Waals surface area contributed by atoms with Crippen LogP contribution in [0.1, 0.15) is 76.9 Å². The Labute approximate surface area is 279 Å². The zero-order valence-corrected chi connectivity index (χ0v) is 27.1. The van der Waals surface area contributed by atoms with Gasteiger partial charge in [-0.25, -0.2) is 13.8 Å². The van der Waals surface area contributed by atoms with Gasteiger partial charge in [-0.1, -0.05) is 31.9 Å². The standard InChI is InChI=1S/C38H40F2N4O4/c1-4-13-44(14-5-2)37(47)29-21-27(20-28(22-29)36-41-12-15-48-36)35(46)43-33(19-26-17-31(39)23-32(40)18-26)34(45)24-42-38(10-11-38)30-9-7-8-25(6-3)16-30/h3,7-9,12,15-18,20-23,33-34,42,45H,4-5,10-11,13-14,19,24H2,1-2H3,(H,43,46). The maximum Gasteiger partial charge on any atom is 0.253 e. The van der Waals surface area contributed by atoms with Crippen molar-refractivity contribution in [1.82, 2.24) is 20.5 Å². The van der Waals surface area contributed by atoms with Gasteiger partial charge in [0, 0.05) is 53.5 Å². The van der Waals surface area contributed by atoms with Crippen molar-refractivity contribution in [3.63, 3.8) is 0 Å². The highest BCUT2D eigenvalue weighted by Gasteiger charge is 2.44. The Morgan fingerprint density at radius 3 is 2.38 bits per heavy atom. The molecular weight excluding hydrogens is 614 g/mol. The van der Waals surface area contributed by atoms with Crippen molar-refractivity contribution in [2.75, 3.05) is 19.6 Å². The van der Waals surface area contributed by atoms with Crippen molar-refractivity contribution < 1.29 is 27.9 Å². The number of terminal acetylenes is 1. The maximum atomic E-state index is 14.2. The Hall–Kier alpha value is -4.85. The molecule has 3 aromatic carbocycles. The summed E-state index contributed by atoms with van der Waals surface area (Å²) in [6, 6.07) is 14.5. The summed E-state index contributed by atoms with van der Waals surface area (Å²) in [5.41, 5.74) is 2.49. The van der Waals surface area contributed by atoms with Gasteiger partial charge in [0.05, 0.1) is 18.3 Å². The number of carbonyl (C=O) groups excluding carboxylic acids is 2. The van der Waals surface area contributed by atoms with E-state index in [4.69, 9.17) is 10.8 Å². The minimum Gasteiger partial charge on any atom is -0.445 e. The van der Waals surface area contributed by atoms with E-state index in [9.17, 15) is 23.5 Å². The van der Waals surface area contributed by atoms with E-state index >= 15 is 0 Å². The first-order chi connectivity index (χ1) is 23.1. The summed E-state index contributed by atoms with van der Waals surface area (Å²) < 4.78 is 33.8. The largest absolute Gasteiger partial charge is 0.445 e. The van der Waals surface area contributed by atoms with Gasteiger partial charge in [-0.3, -0.25) is 9.59 Å². The number of aliphatic hydroxyl groups is 1. The van der Waals surface area contributed by atoms with Gasteiger partial charge in [0.1, 0.15) is 17.9 Å². The van der Waals surface area contributed by atoms with E-state index in [1.165, 1.54) is 30.7 Å². The van der Waals surface area contributed by atoms with Crippen LogP contribution in [0, 0.1) is 24.0 Å². The van der Waals surface area contributed by atoms with Crippen LogP contribution in [0.2, 0.25) is 0 Å². The summed E-state index contributed by atoms with van der Waals surface area (Å²) in [6.07, 6.45) is 10.4. The molecule has 0 saturated heterocycles. The van der Waals surface area contributed by atoms with Gasteiger partial charge in [0.25, 0.3) is 11.8 Å². The first-order valence-electron chi connectivity index (χ1n) is 16.2. The third kappa shape index (κ3) is 8.35. The number of hydrogen-bond donors (Lipinski definition) is 3. The highest BCUT2D eigenvalue weighted by atomic mass is 19.1. The van der Waals surface area contributed by atoms with Crippen molar-refractivity contribution in [2.45, 2.75) is 63.6 Å². The predicted molar refractivity (Wildman–Crippen MR) is 179 cm³/mol. The minimum absolute atomic E-state index is 0.0607. The highest BCUT2D eigenvalue weighted by Crippen LogP contribution is 2.45. The maximum absolute atomic E-state index is 14.2. The SMILES string of the molecule is C#Cc1cccc(C2(NCC(O)C(Cc3cc(F)cc(F)c3)NC(=O)c3cc(C(=O)N(CCC)CCC)cc(-c4ncco4)c3)CC2)c1. The van der Waals surface area contributed by atoms with Crippen LogP contribution < -0.4 is 10.6 Å². The molecule has 3 N–H and O–H groups in total. The van der Waals surface area contributed by atoms with Gasteiger partial charge in [0.15, 0.2) is 0 Å². The molecule has 0 aliphatic heterocycles. The normalized spacial score (nSPS) is 14.5. The molecule has 1 fully saturated rings. The number of aromatic nitrogens is 1. The van der Waals surface area contributed by atoms with Gasteiger partial charge in [0.2, 0.25) is 5.89 Å². The lowest BCUT2D eigenvalue weighted by molar-refractivity contribution is 0.0755. The molecule has 48 heavy (non-hydrogen) atoms. The number of amides is 2. The van der Waals surface area contributed by atoms with Crippen LogP contribution in [0.4, 0.5) is 8.78 Å². The number of benzene rings is 3. The quantitative estimate of drug-likeness (QED) is 0.139. The topological polar surface area (TPSA) is 108 Å². The molecule has 2 amide bonds. The zero-order chi connectivity index (χ0) is 34.3. The molecule has 1 heterocycles. The van der Waals surface area contributed by atoms with Crippen LogP contribution in [-0.4, -0.2) is 58.6 Å². The Morgan fingerprint density at radius 2 is 1.75 bits per heavy atom. The second-order valence-corrected chi connectivity index (χ2v) is 12.2. The number of aliphatic hydroxyl groups excluding tert-OH is 1. The lowest BCUT2D eigenvalue weighted by atomic mass is 9.98. The monoisotopic (exact) mass is 654 g/mol. The number of nitrogens with zero attached hydrogens (tertiary/aromatic N) is 2. The zero-order valence-electron chi connectivity index (χ0n) is 27.1. The minimum atomic E-state index is -1.16. The number of oxazole rings is 1. The molecule has 2 unspecified atom stereocenters. The molecule has 8 nitrogen and oxygen atoms in total. The van der Waals surface area contributed by atoms with E-state index in [-0.39, 0.29) is 47.0 Å². The van der Waals surface area contributed by atoms with Crippen LogP contribution in [0.5, 0.6) is 0 Å². The summed E-state index contributed by atoms with van der Waals surface area (Å²) in [5, 5.41) is 17.8. The van der Waals surface area contributed by atoms with Crippen LogP contribution in [-0.2, 0) is 12.0 Å². The van der Waals surface area contributed by atoms with Crippen LogP contribution >= 0.6 is 0 Å². The molecular formula is C38H40F2N4O4. The fraction of sp³-hybridized carbons (Fsp3) is 0.342. The number of carbonyl (C=O) groups is 2. The van der Waals surface area contributed by atoms with Gasteiger partial charge in [-0.15, -0.1) is 6.42 Å². The Kier molecular flexibility index (Phi) is 11.0. The van der Waals surface area contributed by atoms with Crippen molar-refractivity contribution in [1.29, 1.82) is 0 Å². The van der Waals surface area contributed by atoms with E-state index in [2.05, 4.69) is 21.5 Å². The molecule has 0 radical (unpaired) electrons. The molecule has 1 aliphatic rings. The summed E-state index contributed by atoms with van der Waals surface area (Å²) in [7, 11) is 0. The van der Waals surface area contributed by atoms with E-state index in [1.54, 1.807) is 17.0 Å². The molecule has 0 spiro atoms. The lowest BCUT2D eigenvalue weighted by Gasteiger charge is -2.28. The van der Waals surface area contributed by atoms with E-state index in [1.807, 2.05) is 38.1 Å². The fourth-order valence-corrected chi connectivity index (χ4v) is 5.97. The summed E-state index contributed by atoms with van der Waals surface area (Å²) in [5.74, 6) is 0.529. The van der Waals surface area contributed by atoms with Crippen molar-refractivity contribution >= 4 is 11.8 Å². The lowest BCUT2D eigenvalue weighted by Crippen LogP contribution is -2.50. The smallest absolute Gasteiger partial charge is 0.253 e. The Morgan fingerprint density at radius 1 is 1.04 bits per heavy atom. The summed E-state index contributed by atoms with van der Waals surface area (Å²) in [6.45, 7) is 5.16. The fourth-order valence-electron chi connectivity index (χ4n) is 5.97. The molecule has 0 bridgehead atoms. The van der Waals surface area contributed by atoms with Crippen molar-refractivity contribution in [3.05, 3.63) is 113 Å². The van der Waals surface area contributed by atoms with Crippen molar-refractivity contribution in [3.8, 4) is 23.8 Å². The van der Waals surface area contributed by atoms with Crippen molar-refractivity contribution in [2.24, 2.45) is 0 Å². The summed E-state index contributed by atoms with van der Waals surface area (Å²) >= 11 is 0. The van der Waals surface area contributed by atoms with E-state index in [0.29, 0.717) is 18.7 Å². The third-order valence-electron chi connectivity index (χ3n) is 8.54. The van der Waals surface area contributed by atoms with Crippen LogP contribution in [0.25, 0.3) is 11.5 Å². The van der Waals surface area contributed by atoms with Gasteiger partial charge < -0.3 is 25.1 Å². The number of nitrogens with one attached hydrogen (secondary N) is 2. The molecule has 1 aliphatic carbocycles. The predicted octanol–water partition coefficient (Wildman–Crippen LogP) is 5.84. The second-order valence-electron chi connectivity index (χ2n) is 12.2. The number of rotatable bonds is 15. The molecule has 4 aromatic rings. The third-order valence-corrected chi connectivity index (χ3v) is 8.54. The molecule has 2 atom stereocenters. The second kappa shape index (κ2) is 15.4.